The molecule has 17 heavy (non-hydrogen) atoms. The fourth-order valence-electron chi connectivity index (χ4n) is 1.80. The Hall–Kier alpha value is -1.26. The molecule has 0 aromatic rings. The first kappa shape index (κ1) is 13.8. The van der Waals surface area contributed by atoms with Crippen molar-refractivity contribution in [2.24, 2.45) is 0 Å². The van der Waals surface area contributed by atoms with Gasteiger partial charge in [0.2, 0.25) is 0 Å². The summed E-state index contributed by atoms with van der Waals surface area (Å²) >= 11 is 0. The SMILES string of the molecule is CCCOC(=O)[C@@H]1CCCN1C(=O)OCCC. The predicted octanol–water partition coefficient (Wildman–Crippen LogP) is 1.95. The predicted molar refractivity (Wildman–Crippen MR) is 62.6 cm³/mol. The number of likely N-dealkylation sites (tertiary alicyclic amines) is 1. The summed E-state index contributed by atoms with van der Waals surface area (Å²) in [5.74, 6) is -0.308. The summed E-state index contributed by atoms with van der Waals surface area (Å²) < 4.78 is 10.1. The van der Waals surface area contributed by atoms with Gasteiger partial charge in [-0.3, -0.25) is 4.90 Å². The van der Waals surface area contributed by atoms with E-state index in [2.05, 4.69) is 0 Å². The van der Waals surface area contributed by atoms with Gasteiger partial charge in [0.25, 0.3) is 0 Å². The van der Waals surface area contributed by atoms with Crippen LogP contribution in [0.25, 0.3) is 0 Å². The minimum Gasteiger partial charge on any atom is -0.464 e. The monoisotopic (exact) mass is 243 g/mol. The van der Waals surface area contributed by atoms with Gasteiger partial charge in [0.05, 0.1) is 13.2 Å². The molecule has 0 saturated carbocycles. The van der Waals surface area contributed by atoms with E-state index in [4.69, 9.17) is 9.47 Å². The van der Waals surface area contributed by atoms with Crippen LogP contribution >= 0.6 is 0 Å². The zero-order valence-electron chi connectivity index (χ0n) is 10.6. The smallest absolute Gasteiger partial charge is 0.410 e. The molecule has 0 unspecified atom stereocenters. The molecule has 1 saturated heterocycles. The molecule has 0 aliphatic carbocycles. The molecule has 0 aromatic carbocycles. The normalized spacial score (nSPS) is 19.2. The lowest BCUT2D eigenvalue weighted by molar-refractivity contribution is -0.148. The average Bonchev–Trinajstić information content (AvgIpc) is 2.82. The second-order valence-corrected chi connectivity index (χ2v) is 4.13. The molecule has 0 N–H and O–H groups in total. The maximum atomic E-state index is 11.7. The third-order valence-electron chi connectivity index (χ3n) is 2.64. The molecule has 1 rings (SSSR count). The van der Waals surface area contributed by atoms with Crippen molar-refractivity contribution in [2.75, 3.05) is 19.8 Å². The van der Waals surface area contributed by atoms with Crippen LogP contribution in [-0.4, -0.2) is 42.8 Å². The molecule has 1 aliphatic heterocycles. The van der Waals surface area contributed by atoms with Gasteiger partial charge >= 0.3 is 12.1 Å². The Bertz CT molecular complexity index is 241. The molecule has 5 heteroatoms. The largest absolute Gasteiger partial charge is 0.464 e. The van der Waals surface area contributed by atoms with Crippen LogP contribution in [0.2, 0.25) is 0 Å². The third-order valence-corrected chi connectivity index (χ3v) is 2.64. The second kappa shape index (κ2) is 7.14. The van der Waals surface area contributed by atoms with Crippen molar-refractivity contribution in [1.82, 2.24) is 4.90 Å². The molecule has 1 heterocycles. The van der Waals surface area contributed by atoms with Crippen LogP contribution in [0.1, 0.15) is 39.5 Å². The molecular weight excluding hydrogens is 222 g/mol. The number of ether oxygens (including phenoxy) is 2. The van der Waals surface area contributed by atoms with E-state index >= 15 is 0 Å². The van der Waals surface area contributed by atoms with E-state index in [-0.39, 0.29) is 5.97 Å². The minimum absolute atomic E-state index is 0.308. The first-order chi connectivity index (χ1) is 8.20. The van der Waals surface area contributed by atoms with Gasteiger partial charge in [-0.05, 0) is 25.7 Å². The molecule has 0 bridgehead atoms. The number of carbonyl (C=O) groups is 2. The Kier molecular flexibility index (Phi) is 5.80. The van der Waals surface area contributed by atoms with E-state index in [1.54, 1.807) is 0 Å². The topological polar surface area (TPSA) is 55.8 Å². The van der Waals surface area contributed by atoms with E-state index in [0.717, 1.165) is 19.3 Å². The van der Waals surface area contributed by atoms with Crippen LogP contribution in [0.4, 0.5) is 4.79 Å². The first-order valence-corrected chi connectivity index (χ1v) is 6.30. The van der Waals surface area contributed by atoms with E-state index in [0.29, 0.717) is 26.2 Å². The van der Waals surface area contributed by atoms with Crippen molar-refractivity contribution in [3.63, 3.8) is 0 Å². The zero-order valence-corrected chi connectivity index (χ0v) is 10.6. The highest BCUT2D eigenvalue weighted by Gasteiger charge is 2.36. The van der Waals surface area contributed by atoms with E-state index < -0.39 is 12.1 Å². The maximum absolute atomic E-state index is 11.7. The van der Waals surface area contributed by atoms with Gasteiger partial charge < -0.3 is 9.47 Å². The number of esters is 1. The highest BCUT2D eigenvalue weighted by atomic mass is 16.6. The number of hydrogen-bond acceptors (Lipinski definition) is 4. The van der Waals surface area contributed by atoms with E-state index in [1.807, 2.05) is 13.8 Å². The van der Waals surface area contributed by atoms with Gasteiger partial charge in [0, 0.05) is 6.54 Å². The third kappa shape index (κ3) is 3.91. The Morgan fingerprint density at radius 1 is 1.18 bits per heavy atom. The van der Waals surface area contributed by atoms with Crippen molar-refractivity contribution >= 4 is 12.1 Å². The van der Waals surface area contributed by atoms with E-state index in [9.17, 15) is 9.59 Å². The van der Waals surface area contributed by atoms with Crippen LogP contribution in [-0.2, 0) is 14.3 Å². The van der Waals surface area contributed by atoms with Crippen LogP contribution in [0.5, 0.6) is 0 Å². The van der Waals surface area contributed by atoms with Crippen molar-refractivity contribution in [2.45, 2.75) is 45.6 Å². The van der Waals surface area contributed by atoms with Crippen molar-refractivity contribution in [1.29, 1.82) is 0 Å². The number of nitrogens with zero attached hydrogens (tertiary/aromatic N) is 1. The molecular formula is C12H21NO4. The highest BCUT2D eigenvalue weighted by molar-refractivity contribution is 5.82. The van der Waals surface area contributed by atoms with Crippen molar-refractivity contribution in [3.8, 4) is 0 Å². The maximum Gasteiger partial charge on any atom is 0.410 e. The molecule has 0 radical (unpaired) electrons. The Morgan fingerprint density at radius 2 is 1.82 bits per heavy atom. The number of carbonyl (C=O) groups excluding carboxylic acids is 2. The van der Waals surface area contributed by atoms with Crippen molar-refractivity contribution in [3.05, 3.63) is 0 Å². The molecule has 0 spiro atoms. The number of rotatable bonds is 5. The summed E-state index contributed by atoms with van der Waals surface area (Å²) in [5, 5.41) is 0. The summed E-state index contributed by atoms with van der Waals surface area (Å²) in [6.45, 7) is 5.26. The van der Waals surface area contributed by atoms with Gasteiger partial charge in [0.1, 0.15) is 6.04 Å². The molecule has 98 valence electrons. The molecule has 1 amide bonds. The minimum atomic E-state index is -0.453. The summed E-state index contributed by atoms with van der Waals surface area (Å²) in [7, 11) is 0. The lowest BCUT2D eigenvalue weighted by atomic mass is 10.2. The van der Waals surface area contributed by atoms with Crippen molar-refractivity contribution < 1.29 is 19.1 Å². The lowest BCUT2D eigenvalue weighted by Gasteiger charge is -2.22. The number of amides is 1. The van der Waals surface area contributed by atoms with Crippen LogP contribution in [0.15, 0.2) is 0 Å². The summed E-state index contributed by atoms with van der Waals surface area (Å²) in [6.07, 6.45) is 2.67. The van der Waals surface area contributed by atoms with Gasteiger partial charge in [-0.2, -0.15) is 0 Å². The molecule has 5 nitrogen and oxygen atoms in total. The Morgan fingerprint density at radius 3 is 2.47 bits per heavy atom. The summed E-state index contributed by atoms with van der Waals surface area (Å²) in [5.41, 5.74) is 0. The van der Waals surface area contributed by atoms with Gasteiger partial charge in [-0.1, -0.05) is 13.8 Å². The highest BCUT2D eigenvalue weighted by Crippen LogP contribution is 2.19. The Labute approximate surface area is 102 Å². The van der Waals surface area contributed by atoms with E-state index in [1.165, 1.54) is 4.90 Å². The fourth-order valence-corrected chi connectivity index (χ4v) is 1.80. The molecule has 1 aliphatic rings. The average molecular weight is 243 g/mol. The zero-order chi connectivity index (χ0) is 12.7. The number of hydrogen-bond donors (Lipinski definition) is 0. The molecule has 0 aromatic heterocycles. The molecule has 1 fully saturated rings. The molecule has 1 atom stereocenters. The first-order valence-electron chi connectivity index (χ1n) is 6.30. The second-order valence-electron chi connectivity index (χ2n) is 4.13. The fraction of sp³-hybridized carbons (Fsp3) is 0.833. The quantitative estimate of drug-likeness (QED) is 0.692. The Balaban J connectivity index is 2.47. The van der Waals surface area contributed by atoms with Crippen LogP contribution in [0.3, 0.4) is 0 Å². The van der Waals surface area contributed by atoms with Gasteiger partial charge in [0.15, 0.2) is 0 Å². The van der Waals surface area contributed by atoms with Gasteiger partial charge in [-0.25, -0.2) is 9.59 Å². The summed E-state index contributed by atoms with van der Waals surface area (Å²) in [4.78, 5) is 24.9. The summed E-state index contributed by atoms with van der Waals surface area (Å²) in [6, 6.07) is -0.453. The van der Waals surface area contributed by atoms with Crippen LogP contribution < -0.4 is 0 Å². The van der Waals surface area contributed by atoms with Gasteiger partial charge in [-0.15, -0.1) is 0 Å². The lowest BCUT2D eigenvalue weighted by Crippen LogP contribution is -2.41. The standard InChI is InChI=1S/C12H21NO4/c1-3-8-16-11(14)10-6-5-7-13(10)12(15)17-9-4-2/h10H,3-9H2,1-2H3/t10-/m0/s1. The van der Waals surface area contributed by atoms with Crippen LogP contribution in [0, 0.1) is 0 Å².